The van der Waals surface area contributed by atoms with Gasteiger partial charge >= 0.3 is 11.9 Å². The minimum absolute atomic E-state index is 0.0699. The molecule has 6 heteroatoms. The van der Waals surface area contributed by atoms with Crippen LogP contribution >= 0.6 is 0 Å². The predicted molar refractivity (Wildman–Crippen MR) is 108 cm³/mol. The van der Waals surface area contributed by atoms with E-state index in [0.717, 1.165) is 61.2 Å². The van der Waals surface area contributed by atoms with Crippen molar-refractivity contribution in [3.8, 4) is 0 Å². The number of H-pyrrole nitrogens is 1. The average molecular weight is 402 g/mol. The van der Waals surface area contributed by atoms with E-state index in [0.29, 0.717) is 12.5 Å². The molecule has 0 unspecified atom stereocenters. The molecule has 1 heterocycles. The molecule has 0 atom stereocenters. The van der Waals surface area contributed by atoms with Crippen LogP contribution in [0.5, 0.6) is 0 Å². The van der Waals surface area contributed by atoms with Crippen LogP contribution in [0.4, 0.5) is 13.2 Å². The van der Waals surface area contributed by atoms with Crippen molar-refractivity contribution in [2.45, 2.75) is 57.2 Å². The first-order valence-electron chi connectivity index (χ1n) is 10.3. The molecule has 1 aliphatic carbocycles. The molecule has 1 saturated carbocycles. The highest BCUT2D eigenvalue weighted by Gasteiger charge is 2.31. The molecular weight excluding hydrogens is 377 g/mol. The summed E-state index contributed by atoms with van der Waals surface area (Å²) in [6.45, 7) is 0.691. The first kappa shape index (κ1) is 19.8. The highest BCUT2D eigenvalue weighted by molar-refractivity contribution is 5.74. The Hall–Kier alpha value is -2.50. The number of hydrogen-bond donors (Lipinski definition) is 1. The molecule has 1 aromatic heterocycles. The SMILES string of the molecule is O=c1[nH]c2ccccc2n1CCCC1CCC(c2cccc(C(F)(F)F)c2)CC1. The van der Waals surface area contributed by atoms with E-state index in [1.807, 2.05) is 30.3 Å². The number of aromatic amines is 1. The van der Waals surface area contributed by atoms with Gasteiger partial charge in [0, 0.05) is 6.54 Å². The summed E-state index contributed by atoms with van der Waals surface area (Å²) in [5, 5.41) is 0. The second-order valence-electron chi connectivity index (χ2n) is 8.08. The number of alkyl halides is 3. The van der Waals surface area contributed by atoms with Gasteiger partial charge in [0.2, 0.25) is 0 Å². The zero-order chi connectivity index (χ0) is 20.4. The molecule has 154 valence electrons. The number of imidazole rings is 1. The lowest BCUT2D eigenvalue weighted by Crippen LogP contribution is -2.18. The van der Waals surface area contributed by atoms with E-state index in [2.05, 4.69) is 4.98 Å². The standard InChI is InChI=1S/C23H25F3N2O/c24-23(25,26)19-7-3-6-18(15-19)17-12-10-16(11-13-17)5-4-14-28-21-9-2-1-8-20(21)27-22(28)29/h1-3,6-9,15-17H,4-5,10-14H2,(H,27,29). The van der Waals surface area contributed by atoms with Gasteiger partial charge in [0.15, 0.2) is 0 Å². The quantitative estimate of drug-likeness (QED) is 0.550. The van der Waals surface area contributed by atoms with Crippen molar-refractivity contribution in [1.82, 2.24) is 9.55 Å². The number of nitrogens with zero attached hydrogens (tertiary/aromatic N) is 1. The maximum Gasteiger partial charge on any atom is 0.416 e. The van der Waals surface area contributed by atoms with E-state index in [1.165, 1.54) is 12.1 Å². The van der Waals surface area contributed by atoms with E-state index >= 15 is 0 Å². The van der Waals surface area contributed by atoms with Crippen LogP contribution in [0.25, 0.3) is 11.0 Å². The van der Waals surface area contributed by atoms with Gasteiger partial charge in [-0.05, 0) is 74.1 Å². The fraction of sp³-hybridized carbons (Fsp3) is 0.435. The van der Waals surface area contributed by atoms with Crippen LogP contribution in [-0.2, 0) is 12.7 Å². The maximum atomic E-state index is 13.0. The fourth-order valence-corrected chi connectivity index (χ4v) is 4.62. The van der Waals surface area contributed by atoms with Crippen LogP contribution in [0.15, 0.2) is 53.3 Å². The van der Waals surface area contributed by atoms with Crippen molar-refractivity contribution in [2.75, 3.05) is 0 Å². The third-order valence-electron chi connectivity index (χ3n) is 6.21. The Morgan fingerprint density at radius 2 is 1.76 bits per heavy atom. The smallest absolute Gasteiger partial charge is 0.306 e. The van der Waals surface area contributed by atoms with Gasteiger partial charge in [-0.25, -0.2) is 4.79 Å². The lowest BCUT2D eigenvalue weighted by atomic mass is 9.77. The van der Waals surface area contributed by atoms with E-state index in [1.54, 1.807) is 4.57 Å². The average Bonchev–Trinajstić information content (AvgIpc) is 3.03. The zero-order valence-corrected chi connectivity index (χ0v) is 16.2. The fourth-order valence-electron chi connectivity index (χ4n) is 4.62. The Kier molecular flexibility index (Phi) is 5.52. The summed E-state index contributed by atoms with van der Waals surface area (Å²) >= 11 is 0. The minimum Gasteiger partial charge on any atom is -0.306 e. The third-order valence-corrected chi connectivity index (χ3v) is 6.21. The Balaban J connectivity index is 1.30. The van der Waals surface area contributed by atoms with Crippen LogP contribution in [-0.4, -0.2) is 9.55 Å². The molecule has 0 spiro atoms. The number of para-hydroxylation sites is 2. The van der Waals surface area contributed by atoms with Crippen LogP contribution < -0.4 is 5.69 Å². The van der Waals surface area contributed by atoms with Gasteiger partial charge in [-0.2, -0.15) is 13.2 Å². The molecule has 29 heavy (non-hydrogen) atoms. The Morgan fingerprint density at radius 3 is 2.52 bits per heavy atom. The van der Waals surface area contributed by atoms with Crippen molar-refractivity contribution in [3.05, 3.63) is 70.1 Å². The molecule has 3 nitrogen and oxygen atoms in total. The lowest BCUT2D eigenvalue weighted by Gasteiger charge is -2.29. The summed E-state index contributed by atoms with van der Waals surface area (Å²) in [4.78, 5) is 15.0. The van der Waals surface area contributed by atoms with Gasteiger partial charge in [-0.1, -0.05) is 30.3 Å². The molecule has 0 aliphatic heterocycles. The first-order valence-corrected chi connectivity index (χ1v) is 10.3. The zero-order valence-electron chi connectivity index (χ0n) is 16.2. The van der Waals surface area contributed by atoms with Gasteiger partial charge in [0.25, 0.3) is 0 Å². The highest BCUT2D eigenvalue weighted by atomic mass is 19.4. The van der Waals surface area contributed by atoms with Gasteiger partial charge in [0.1, 0.15) is 0 Å². The first-order chi connectivity index (χ1) is 13.9. The van der Waals surface area contributed by atoms with E-state index in [4.69, 9.17) is 0 Å². The highest BCUT2D eigenvalue weighted by Crippen LogP contribution is 2.39. The molecule has 1 fully saturated rings. The summed E-state index contributed by atoms with van der Waals surface area (Å²) in [6, 6.07) is 13.5. The van der Waals surface area contributed by atoms with E-state index < -0.39 is 11.7 Å². The molecule has 0 amide bonds. The molecular formula is C23H25F3N2O. The minimum atomic E-state index is -4.28. The molecule has 0 saturated heterocycles. The van der Waals surface area contributed by atoms with Crippen LogP contribution in [0, 0.1) is 5.92 Å². The molecule has 3 aromatic rings. The Bertz CT molecular complexity index is 1030. The number of hydrogen-bond acceptors (Lipinski definition) is 1. The largest absolute Gasteiger partial charge is 0.416 e. The van der Waals surface area contributed by atoms with Gasteiger partial charge < -0.3 is 4.98 Å². The number of fused-ring (bicyclic) bond motifs is 1. The second kappa shape index (κ2) is 8.09. The Labute approximate surface area is 167 Å². The number of nitrogens with one attached hydrogen (secondary N) is 1. The predicted octanol–water partition coefficient (Wildman–Crippen LogP) is 6.10. The summed E-state index contributed by atoms with van der Waals surface area (Å²) in [6.07, 6.45) is 1.61. The van der Waals surface area contributed by atoms with Gasteiger partial charge in [0.05, 0.1) is 16.6 Å². The molecule has 0 bridgehead atoms. The molecule has 4 rings (SSSR count). The van der Waals surface area contributed by atoms with Crippen molar-refractivity contribution in [2.24, 2.45) is 5.92 Å². The van der Waals surface area contributed by atoms with Crippen molar-refractivity contribution < 1.29 is 13.2 Å². The monoisotopic (exact) mass is 402 g/mol. The van der Waals surface area contributed by atoms with Gasteiger partial charge in [-0.15, -0.1) is 0 Å². The van der Waals surface area contributed by atoms with E-state index in [-0.39, 0.29) is 11.6 Å². The normalized spacial score (nSPS) is 20.2. The third kappa shape index (κ3) is 4.41. The summed E-state index contributed by atoms with van der Waals surface area (Å²) in [5.41, 5.74) is 1.98. The second-order valence-corrected chi connectivity index (χ2v) is 8.08. The molecule has 1 aliphatic rings. The number of halogens is 3. The number of aryl methyl sites for hydroxylation is 1. The molecule has 0 radical (unpaired) electrons. The van der Waals surface area contributed by atoms with E-state index in [9.17, 15) is 18.0 Å². The lowest BCUT2D eigenvalue weighted by molar-refractivity contribution is -0.137. The van der Waals surface area contributed by atoms with Gasteiger partial charge in [-0.3, -0.25) is 4.57 Å². The summed E-state index contributed by atoms with van der Waals surface area (Å²) < 4.78 is 40.7. The topological polar surface area (TPSA) is 37.8 Å². The summed E-state index contributed by atoms with van der Waals surface area (Å²) in [5.74, 6) is 0.794. The maximum absolute atomic E-state index is 13.0. The van der Waals surface area contributed by atoms with Crippen molar-refractivity contribution >= 4 is 11.0 Å². The summed E-state index contributed by atoms with van der Waals surface area (Å²) in [7, 11) is 0. The number of rotatable bonds is 5. The molecule has 2 aromatic carbocycles. The van der Waals surface area contributed by atoms with Crippen LogP contribution in [0.3, 0.4) is 0 Å². The number of aromatic nitrogens is 2. The van der Waals surface area contributed by atoms with Crippen LogP contribution in [0.1, 0.15) is 55.6 Å². The van der Waals surface area contributed by atoms with Crippen molar-refractivity contribution in [1.29, 1.82) is 0 Å². The molecule has 1 N–H and O–H groups in total. The van der Waals surface area contributed by atoms with Crippen LogP contribution in [0.2, 0.25) is 0 Å². The Morgan fingerprint density at radius 1 is 1.00 bits per heavy atom. The number of benzene rings is 2. The van der Waals surface area contributed by atoms with Crippen molar-refractivity contribution in [3.63, 3.8) is 0 Å².